The molecule has 2 aliphatic rings. The van der Waals surface area contributed by atoms with E-state index in [4.69, 9.17) is 0 Å². The molecule has 0 saturated carbocycles. The summed E-state index contributed by atoms with van der Waals surface area (Å²) in [4.78, 5) is 0. The molecule has 41 heavy (non-hydrogen) atoms. The van der Waals surface area contributed by atoms with Gasteiger partial charge in [0.05, 0.1) is 0 Å². The summed E-state index contributed by atoms with van der Waals surface area (Å²) >= 11 is -10.4. The first kappa shape index (κ1) is 36.1. The quantitative estimate of drug-likeness (QED) is 0.197. The van der Waals surface area contributed by atoms with Crippen LogP contribution in [0.3, 0.4) is 0 Å². The summed E-state index contributed by atoms with van der Waals surface area (Å²) in [6.45, 7) is 0. The number of halogens is 24. The van der Waals surface area contributed by atoms with E-state index in [1.165, 1.54) is 0 Å². The molecular weight excluding hydrogens is 792 g/mol. The number of hydrogen-bond acceptors (Lipinski definition) is 4. The second kappa shape index (κ2) is 8.56. The van der Waals surface area contributed by atoms with Crippen LogP contribution in [-0.4, -0.2) is 91.6 Å². The fraction of sp³-hybridized carbons (Fsp3) is 1.00. The van der Waals surface area contributed by atoms with Gasteiger partial charge in [-0.1, -0.05) is 0 Å². The van der Waals surface area contributed by atoms with Gasteiger partial charge in [0.1, 0.15) is 0 Å². The predicted molar refractivity (Wildman–Crippen MR) is 69.5 cm³/mol. The van der Waals surface area contributed by atoms with Crippen LogP contribution in [0.25, 0.3) is 0 Å². The normalized spacial score (nSPS) is 26.0. The van der Waals surface area contributed by atoms with Crippen molar-refractivity contribution in [1.82, 2.24) is 0 Å². The maximum absolute atomic E-state index is 13.5. The van der Waals surface area contributed by atoms with Crippen molar-refractivity contribution in [3.8, 4) is 0 Å². The van der Waals surface area contributed by atoms with Crippen molar-refractivity contribution in [3.63, 3.8) is 0 Å². The Hall–Kier alpha value is -1.05. The van der Waals surface area contributed by atoms with Crippen molar-refractivity contribution in [2.75, 3.05) is 0 Å². The third-order valence-corrected chi connectivity index (χ3v) is 10.3. The number of rotatable bonds is 0. The molecule has 2 fully saturated rings. The Bertz CT molecular complexity index is 794. The summed E-state index contributed by atoms with van der Waals surface area (Å²) in [7, 11) is 0. The Morgan fingerprint density at radius 1 is 0.244 bits per heavy atom. The molecule has 0 N–H and O–H groups in total. The SMILES string of the molecule is FC(F)(F)C1(C(F)(F)F)O[Te]2(OC1(C(F)(F)F)C(F)(F)F)OC(C(F)(F)F)(C(F)(F)F)C(C(F)(F)F)(C(F)(F)F)O2. The molecule has 0 aromatic rings. The van der Waals surface area contributed by atoms with E-state index in [0.717, 1.165) is 0 Å². The van der Waals surface area contributed by atoms with Crippen molar-refractivity contribution < 1.29 is 118 Å². The molecule has 4 nitrogen and oxygen atoms in total. The van der Waals surface area contributed by atoms with Gasteiger partial charge in [0.25, 0.3) is 0 Å². The van der Waals surface area contributed by atoms with Gasteiger partial charge in [-0.2, -0.15) is 0 Å². The van der Waals surface area contributed by atoms with E-state index >= 15 is 0 Å². The third kappa shape index (κ3) is 4.17. The van der Waals surface area contributed by atoms with E-state index < -0.39 is 91.6 Å². The Morgan fingerprint density at radius 3 is 0.415 bits per heavy atom. The molecule has 0 aliphatic carbocycles. The van der Waals surface area contributed by atoms with Gasteiger partial charge in [0, 0.05) is 0 Å². The van der Waals surface area contributed by atoms with Crippen molar-refractivity contribution >= 4 is 19.8 Å². The van der Waals surface area contributed by atoms with Crippen LogP contribution < -0.4 is 0 Å². The molecule has 2 rings (SSSR count). The van der Waals surface area contributed by atoms with Crippen molar-refractivity contribution in [3.05, 3.63) is 0 Å². The average Bonchev–Trinajstić information content (AvgIpc) is 3.12. The third-order valence-electron chi connectivity index (χ3n) is 5.09. The Labute approximate surface area is 210 Å². The molecule has 0 aromatic carbocycles. The summed E-state index contributed by atoms with van der Waals surface area (Å²) in [6.07, 6.45) is -67.9. The predicted octanol–water partition coefficient (Wildman–Crippen LogP) is 6.97. The first-order chi connectivity index (χ1) is 17.3. The van der Waals surface area contributed by atoms with Crippen LogP contribution >= 0.6 is 0 Å². The molecule has 246 valence electrons. The summed E-state index contributed by atoms with van der Waals surface area (Å²) in [5.41, 5.74) is -33.8. The van der Waals surface area contributed by atoms with Gasteiger partial charge in [0.15, 0.2) is 0 Å². The standard InChI is InChI=1S/C12F24O4Te/c13-5(14,15)1(6(16,17)18)2(7(19,20)21,8(22,23)24)38-41(37-1)39-3(9(25,26)27,10(28,29)30)4(40-41,11(31,32)33)12(34,35)36. The molecule has 2 heterocycles. The van der Waals surface area contributed by atoms with Gasteiger partial charge in [-0.05, 0) is 0 Å². The van der Waals surface area contributed by atoms with Gasteiger partial charge in [-0.25, -0.2) is 0 Å². The summed E-state index contributed by atoms with van der Waals surface area (Å²) in [5.74, 6) is 0. The summed E-state index contributed by atoms with van der Waals surface area (Å²) in [5, 5.41) is 0. The Kier molecular flexibility index (Phi) is 7.55. The molecular formula is C12F24O4Te. The summed E-state index contributed by atoms with van der Waals surface area (Å²) in [6, 6.07) is 0. The molecule has 1 spiro atoms. The van der Waals surface area contributed by atoms with Crippen LogP contribution in [0.15, 0.2) is 0 Å². The van der Waals surface area contributed by atoms with E-state index in [-0.39, 0.29) is 0 Å². The Morgan fingerprint density at radius 2 is 0.341 bits per heavy atom. The van der Waals surface area contributed by atoms with Gasteiger partial charge in [0.2, 0.25) is 0 Å². The van der Waals surface area contributed by atoms with Gasteiger partial charge in [-0.3, -0.25) is 0 Å². The molecule has 0 atom stereocenters. The number of hydrogen-bond donors (Lipinski definition) is 0. The zero-order valence-electron chi connectivity index (χ0n) is 17.1. The topological polar surface area (TPSA) is 36.9 Å². The van der Waals surface area contributed by atoms with E-state index in [2.05, 4.69) is 12.4 Å². The minimum atomic E-state index is -10.4. The summed E-state index contributed by atoms with van der Waals surface area (Å²) < 4.78 is 334. The maximum atomic E-state index is 13.5. The van der Waals surface area contributed by atoms with E-state index in [0.29, 0.717) is 0 Å². The molecule has 0 aromatic heterocycles. The van der Waals surface area contributed by atoms with Crippen LogP contribution in [0, 0.1) is 0 Å². The van der Waals surface area contributed by atoms with Crippen molar-refractivity contribution in [2.24, 2.45) is 0 Å². The van der Waals surface area contributed by atoms with E-state index in [1.807, 2.05) is 0 Å². The monoisotopic (exact) mass is 794 g/mol. The first-order valence-corrected chi connectivity index (χ1v) is 12.3. The molecule has 0 unspecified atom stereocenters. The zero-order valence-corrected chi connectivity index (χ0v) is 19.4. The first-order valence-electron chi connectivity index (χ1n) is 8.52. The minimum absolute atomic E-state index is 2.22. The molecule has 0 radical (unpaired) electrons. The number of alkyl halides is 24. The molecule has 0 bridgehead atoms. The van der Waals surface area contributed by atoms with Gasteiger partial charge < -0.3 is 0 Å². The Balaban J connectivity index is 3.35. The van der Waals surface area contributed by atoms with Crippen LogP contribution in [0.1, 0.15) is 0 Å². The molecule has 2 saturated heterocycles. The van der Waals surface area contributed by atoms with E-state index in [1.54, 1.807) is 0 Å². The zero-order chi connectivity index (χ0) is 33.3. The fourth-order valence-electron chi connectivity index (χ4n) is 3.57. The average molecular weight is 792 g/mol. The van der Waals surface area contributed by atoms with Crippen molar-refractivity contribution in [1.29, 1.82) is 0 Å². The van der Waals surface area contributed by atoms with Crippen LogP contribution in [0.4, 0.5) is 105 Å². The van der Waals surface area contributed by atoms with Crippen LogP contribution in [0.5, 0.6) is 0 Å². The molecule has 0 amide bonds. The van der Waals surface area contributed by atoms with Crippen LogP contribution in [-0.2, 0) is 12.4 Å². The van der Waals surface area contributed by atoms with Gasteiger partial charge >= 0.3 is 209 Å². The second-order valence-corrected chi connectivity index (χ2v) is 11.7. The van der Waals surface area contributed by atoms with Gasteiger partial charge in [-0.15, -0.1) is 0 Å². The fourth-order valence-corrected chi connectivity index (χ4v) is 11.1. The second-order valence-electron chi connectivity index (χ2n) is 7.45. The molecule has 2 aliphatic heterocycles. The van der Waals surface area contributed by atoms with Crippen LogP contribution in [0.2, 0.25) is 0 Å². The molecule has 29 heteroatoms. The van der Waals surface area contributed by atoms with Crippen molar-refractivity contribution in [2.45, 2.75) is 71.8 Å². The van der Waals surface area contributed by atoms with E-state index in [9.17, 15) is 105 Å².